The maximum atomic E-state index is 11.7. The normalized spacial score (nSPS) is 14.0. The first kappa shape index (κ1) is 10.4. The van der Waals surface area contributed by atoms with Crippen LogP contribution in [0.1, 0.15) is 26.4 Å². The molecule has 0 amide bonds. The summed E-state index contributed by atoms with van der Waals surface area (Å²) in [5.74, 6) is -1.21. The lowest BCUT2D eigenvalue weighted by Crippen LogP contribution is -2.00. The number of benzene rings is 1. The van der Waals surface area contributed by atoms with Crippen LogP contribution in [0.3, 0.4) is 0 Å². The van der Waals surface area contributed by atoms with Crippen LogP contribution in [0.5, 0.6) is 0 Å². The summed E-state index contributed by atoms with van der Waals surface area (Å²) in [6, 6.07) is 5.40. The number of hydrogen-bond acceptors (Lipinski definition) is 4. The third-order valence-electron chi connectivity index (χ3n) is 2.72. The van der Waals surface area contributed by atoms with Gasteiger partial charge in [0.05, 0.1) is 22.3 Å². The zero-order valence-electron chi connectivity index (χ0n) is 8.78. The monoisotopic (exact) mass is 291 g/mol. The van der Waals surface area contributed by atoms with E-state index >= 15 is 0 Å². The summed E-state index contributed by atoms with van der Waals surface area (Å²) in [6.07, 6.45) is 0. The Morgan fingerprint density at radius 1 is 1.18 bits per heavy atom. The molecule has 17 heavy (non-hydrogen) atoms. The van der Waals surface area contributed by atoms with Crippen LogP contribution in [0.2, 0.25) is 0 Å². The molecule has 0 radical (unpaired) electrons. The fraction of sp³-hybridized carbons (Fsp3) is 0.0833. The van der Waals surface area contributed by atoms with Crippen LogP contribution in [-0.2, 0) is 4.74 Å². The van der Waals surface area contributed by atoms with Gasteiger partial charge in [-0.05, 0) is 25.1 Å². The zero-order valence-corrected chi connectivity index (χ0v) is 10.4. The van der Waals surface area contributed by atoms with Crippen molar-refractivity contribution in [1.29, 1.82) is 0 Å². The highest BCUT2D eigenvalue weighted by Gasteiger charge is 2.34. The molecule has 84 valence electrons. The van der Waals surface area contributed by atoms with Gasteiger partial charge in [0, 0.05) is 9.86 Å². The van der Waals surface area contributed by atoms with Crippen molar-refractivity contribution >= 4 is 38.8 Å². The van der Waals surface area contributed by atoms with Gasteiger partial charge in [0.2, 0.25) is 0 Å². The molecule has 2 aromatic rings. The molecule has 1 aromatic heterocycles. The van der Waals surface area contributed by atoms with Gasteiger partial charge in [-0.1, -0.05) is 15.9 Å². The molecule has 0 saturated carbocycles. The number of pyridine rings is 1. The number of carbonyl (C=O) groups excluding carboxylic acids is 2. The number of carbonyl (C=O) groups is 2. The number of cyclic esters (lactones) is 2. The fourth-order valence-corrected chi connectivity index (χ4v) is 2.37. The minimum atomic E-state index is -0.614. The fourth-order valence-electron chi connectivity index (χ4n) is 2.01. The Labute approximate surface area is 105 Å². The van der Waals surface area contributed by atoms with Crippen molar-refractivity contribution < 1.29 is 14.3 Å². The largest absolute Gasteiger partial charge is 0.386 e. The second-order valence-electron chi connectivity index (χ2n) is 3.79. The number of fused-ring (bicyclic) bond motifs is 3. The lowest BCUT2D eigenvalue weighted by atomic mass is 10.0. The predicted octanol–water partition coefficient (Wildman–Crippen LogP) is 2.62. The van der Waals surface area contributed by atoms with Crippen LogP contribution in [0.15, 0.2) is 22.7 Å². The summed E-state index contributed by atoms with van der Waals surface area (Å²) in [5.41, 5.74) is 1.79. The van der Waals surface area contributed by atoms with E-state index < -0.39 is 11.9 Å². The lowest BCUT2D eigenvalue weighted by Gasteiger charge is -2.04. The quantitative estimate of drug-likeness (QED) is 0.553. The first-order valence-corrected chi connectivity index (χ1v) is 5.73. The van der Waals surface area contributed by atoms with Crippen molar-refractivity contribution in [3.8, 4) is 0 Å². The van der Waals surface area contributed by atoms with Crippen LogP contribution in [0.4, 0.5) is 0 Å². The Bertz CT molecular complexity index is 694. The molecule has 5 heteroatoms. The second-order valence-corrected chi connectivity index (χ2v) is 4.70. The molecular formula is C12H6BrNO3. The van der Waals surface area contributed by atoms with E-state index in [1.807, 2.05) is 6.07 Å². The topological polar surface area (TPSA) is 56.3 Å². The average Bonchev–Trinajstić information content (AvgIpc) is 2.56. The molecule has 1 aliphatic heterocycles. The number of hydrogen-bond donors (Lipinski definition) is 0. The number of ether oxygens (including phenoxy) is 1. The van der Waals surface area contributed by atoms with Gasteiger partial charge in [-0.25, -0.2) is 9.59 Å². The summed E-state index contributed by atoms with van der Waals surface area (Å²) in [6.45, 7) is 1.69. The van der Waals surface area contributed by atoms with Gasteiger partial charge in [0.25, 0.3) is 0 Å². The van der Waals surface area contributed by atoms with Crippen molar-refractivity contribution in [2.24, 2.45) is 0 Å². The van der Waals surface area contributed by atoms with Crippen LogP contribution < -0.4 is 0 Å². The Balaban J connectivity index is 2.53. The van der Waals surface area contributed by atoms with E-state index in [0.29, 0.717) is 22.2 Å². The highest BCUT2D eigenvalue weighted by atomic mass is 79.9. The highest BCUT2D eigenvalue weighted by molar-refractivity contribution is 9.10. The maximum Gasteiger partial charge on any atom is 0.348 e. The van der Waals surface area contributed by atoms with E-state index in [0.717, 1.165) is 4.47 Å². The van der Waals surface area contributed by atoms with E-state index in [1.165, 1.54) is 0 Å². The van der Waals surface area contributed by atoms with E-state index in [1.54, 1.807) is 19.1 Å². The molecule has 0 aliphatic carbocycles. The first-order valence-electron chi connectivity index (χ1n) is 4.94. The molecule has 0 saturated heterocycles. The summed E-state index contributed by atoms with van der Waals surface area (Å²) >= 11 is 3.33. The third kappa shape index (κ3) is 1.39. The summed E-state index contributed by atoms with van der Waals surface area (Å²) in [5, 5.41) is 0.635. The SMILES string of the molecule is Cc1nc2ccc(Br)cc2c2c1C(=O)OC2=O. The molecule has 1 aromatic carbocycles. The van der Waals surface area contributed by atoms with Gasteiger partial charge in [0.15, 0.2) is 0 Å². The molecule has 1 aliphatic rings. The van der Waals surface area contributed by atoms with Crippen molar-refractivity contribution in [3.05, 3.63) is 39.5 Å². The van der Waals surface area contributed by atoms with Gasteiger partial charge in [-0.15, -0.1) is 0 Å². The molecule has 2 heterocycles. The minimum Gasteiger partial charge on any atom is -0.386 e. The average molecular weight is 292 g/mol. The van der Waals surface area contributed by atoms with Gasteiger partial charge in [0.1, 0.15) is 0 Å². The molecule has 0 N–H and O–H groups in total. The number of aryl methyl sites for hydroxylation is 1. The third-order valence-corrected chi connectivity index (χ3v) is 3.21. The first-order chi connectivity index (χ1) is 8.08. The molecule has 0 atom stereocenters. The highest BCUT2D eigenvalue weighted by Crippen LogP contribution is 2.31. The van der Waals surface area contributed by atoms with Crippen LogP contribution in [0.25, 0.3) is 10.9 Å². The van der Waals surface area contributed by atoms with Crippen LogP contribution in [-0.4, -0.2) is 16.9 Å². The summed E-state index contributed by atoms with van der Waals surface area (Å²) in [4.78, 5) is 27.5. The lowest BCUT2D eigenvalue weighted by molar-refractivity contribution is 0.0444. The molecule has 0 fully saturated rings. The van der Waals surface area contributed by atoms with Crippen LogP contribution in [0, 0.1) is 6.92 Å². The Morgan fingerprint density at radius 3 is 2.65 bits per heavy atom. The summed E-state index contributed by atoms with van der Waals surface area (Å²) in [7, 11) is 0. The van der Waals surface area contributed by atoms with Gasteiger partial charge >= 0.3 is 11.9 Å². The van der Waals surface area contributed by atoms with E-state index in [2.05, 4.69) is 25.7 Å². The smallest absolute Gasteiger partial charge is 0.348 e. The van der Waals surface area contributed by atoms with Crippen molar-refractivity contribution in [2.75, 3.05) is 0 Å². The maximum absolute atomic E-state index is 11.7. The second kappa shape index (κ2) is 3.37. The number of nitrogens with zero attached hydrogens (tertiary/aromatic N) is 1. The molecule has 3 rings (SSSR count). The van der Waals surface area contributed by atoms with Crippen LogP contribution >= 0.6 is 15.9 Å². The van der Waals surface area contributed by atoms with Gasteiger partial charge in [-0.3, -0.25) is 4.98 Å². The standard InChI is InChI=1S/C12H6BrNO3/c1-5-9-10(12(16)17-11(9)15)7-4-6(13)2-3-8(7)14-5/h2-4H,1H3. The van der Waals surface area contributed by atoms with E-state index in [9.17, 15) is 9.59 Å². The molecule has 4 nitrogen and oxygen atoms in total. The molecule has 0 spiro atoms. The minimum absolute atomic E-state index is 0.278. The molecule has 0 bridgehead atoms. The Morgan fingerprint density at radius 2 is 1.88 bits per heavy atom. The number of esters is 2. The van der Waals surface area contributed by atoms with Crippen molar-refractivity contribution in [3.63, 3.8) is 0 Å². The molecular weight excluding hydrogens is 286 g/mol. The van der Waals surface area contributed by atoms with Crippen molar-refractivity contribution in [2.45, 2.75) is 6.92 Å². The number of rotatable bonds is 0. The predicted molar refractivity (Wildman–Crippen MR) is 63.9 cm³/mol. The molecule has 0 unspecified atom stereocenters. The van der Waals surface area contributed by atoms with E-state index in [-0.39, 0.29) is 5.56 Å². The van der Waals surface area contributed by atoms with Crippen molar-refractivity contribution in [1.82, 2.24) is 4.98 Å². The summed E-state index contributed by atoms with van der Waals surface area (Å²) < 4.78 is 5.45. The zero-order chi connectivity index (χ0) is 12.2. The van der Waals surface area contributed by atoms with Gasteiger partial charge in [-0.2, -0.15) is 0 Å². The van der Waals surface area contributed by atoms with E-state index in [4.69, 9.17) is 0 Å². The Kier molecular flexibility index (Phi) is 2.06. The Hall–Kier alpha value is -1.75. The number of halogens is 1. The van der Waals surface area contributed by atoms with Gasteiger partial charge < -0.3 is 4.74 Å². The number of aromatic nitrogens is 1.